The smallest absolute Gasteiger partial charge is 0.374 e. The second-order valence-corrected chi connectivity index (χ2v) is 3.14. The van der Waals surface area contributed by atoms with Crippen LogP contribution in [0.5, 0.6) is 0 Å². The van der Waals surface area contributed by atoms with E-state index in [0.29, 0.717) is 5.56 Å². The minimum atomic E-state index is -3.76. The second-order valence-electron chi connectivity index (χ2n) is 3.14. The summed E-state index contributed by atoms with van der Waals surface area (Å²) in [6.07, 6.45) is -0.997. The molecule has 0 heterocycles. The number of aliphatic carboxylic acids is 1. The first-order valence-corrected chi connectivity index (χ1v) is 4.27. The third-order valence-corrected chi connectivity index (χ3v) is 1.93. The van der Waals surface area contributed by atoms with Gasteiger partial charge in [0.1, 0.15) is 5.82 Å². The minimum Gasteiger partial charge on any atom is -0.477 e. The van der Waals surface area contributed by atoms with Gasteiger partial charge in [-0.05, 0) is 24.1 Å². The fraction of sp³-hybridized carbons (Fsp3) is 0.300. The van der Waals surface area contributed by atoms with Gasteiger partial charge in [-0.2, -0.15) is 8.78 Å². The molecular formula is C10H9F3O2. The third kappa shape index (κ3) is 3.27. The maximum Gasteiger partial charge on any atom is 0.374 e. The van der Waals surface area contributed by atoms with Gasteiger partial charge in [0, 0.05) is 6.42 Å². The summed E-state index contributed by atoms with van der Waals surface area (Å²) in [5.74, 6) is -6.43. The fourth-order valence-electron chi connectivity index (χ4n) is 1.10. The van der Waals surface area contributed by atoms with Crippen molar-refractivity contribution in [2.24, 2.45) is 0 Å². The molecule has 0 aromatic heterocycles. The zero-order chi connectivity index (χ0) is 11.5. The van der Waals surface area contributed by atoms with Crippen LogP contribution in [0.3, 0.4) is 0 Å². The Morgan fingerprint density at radius 3 is 2.60 bits per heavy atom. The van der Waals surface area contributed by atoms with E-state index in [1.54, 1.807) is 0 Å². The Kier molecular flexibility index (Phi) is 3.34. The predicted octanol–water partition coefficient (Wildman–Crippen LogP) is 2.48. The summed E-state index contributed by atoms with van der Waals surface area (Å²) in [6, 6.07) is 5.17. The second kappa shape index (κ2) is 4.33. The normalized spacial score (nSPS) is 11.4. The van der Waals surface area contributed by atoms with Gasteiger partial charge in [-0.15, -0.1) is 0 Å². The number of alkyl halides is 2. The molecule has 0 bridgehead atoms. The van der Waals surface area contributed by atoms with Crippen LogP contribution in [0.4, 0.5) is 13.2 Å². The van der Waals surface area contributed by atoms with Crippen molar-refractivity contribution in [2.45, 2.75) is 18.8 Å². The summed E-state index contributed by atoms with van der Waals surface area (Å²) >= 11 is 0. The molecule has 0 fully saturated rings. The van der Waals surface area contributed by atoms with Crippen LogP contribution in [0.2, 0.25) is 0 Å². The van der Waals surface area contributed by atoms with Gasteiger partial charge in [-0.1, -0.05) is 12.1 Å². The lowest BCUT2D eigenvalue weighted by Crippen LogP contribution is -2.28. The third-order valence-electron chi connectivity index (χ3n) is 1.93. The van der Waals surface area contributed by atoms with Crippen molar-refractivity contribution in [3.8, 4) is 0 Å². The highest BCUT2D eigenvalue weighted by molar-refractivity contribution is 5.75. The van der Waals surface area contributed by atoms with E-state index in [4.69, 9.17) is 5.11 Å². The van der Waals surface area contributed by atoms with Crippen LogP contribution in [0, 0.1) is 5.82 Å². The van der Waals surface area contributed by atoms with Gasteiger partial charge in [0.05, 0.1) is 0 Å². The summed E-state index contributed by atoms with van der Waals surface area (Å²) in [5, 5.41) is 8.15. The molecule has 0 aliphatic heterocycles. The molecule has 0 radical (unpaired) electrons. The first-order valence-electron chi connectivity index (χ1n) is 4.27. The average Bonchev–Trinajstić information content (AvgIpc) is 2.15. The molecule has 0 aliphatic rings. The summed E-state index contributed by atoms with van der Waals surface area (Å²) < 4.78 is 37.9. The van der Waals surface area contributed by atoms with Crippen LogP contribution in [0.25, 0.3) is 0 Å². The molecule has 15 heavy (non-hydrogen) atoms. The van der Waals surface area contributed by atoms with E-state index < -0.39 is 24.1 Å². The lowest BCUT2D eigenvalue weighted by atomic mass is 10.1. The molecule has 82 valence electrons. The van der Waals surface area contributed by atoms with Gasteiger partial charge in [-0.25, -0.2) is 9.18 Å². The quantitative estimate of drug-likeness (QED) is 0.842. The van der Waals surface area contributed by atoms with Crippen molar-refractivity contribution < 1.29 is 23.1 Å². The van der Waals surface area contributed by atoms with Crippen molar-refractivity contribution in [2.75, 3.05) is 0 Å². The predicted molar refractivity (Wildman–Crippen MR) is 47.3 cm³/mol. The fourth-order valence-corrected chi connectivity index (χ4v) is 1.10. The Morgan fingerprint density at radius 1 is 1.40 bits per heavy atom. The van der Waals surface area contributed by atoms with E-state index in [1.165, 1.54) is 18.2 Å². The van der Waals surface area contributed by atoms with E-state index in [-0.39, 0.29) is 6.42 Å². The maximum atomic E-state index is 12.6. The highest BCUT2D eigenvalue weighted by Gasteiger charge is 2.37. The molecule has 0 saturated heterocycles. The number of hydrogen-bond acceptors (Lipinski definition) is 1. The van der Waals surface area contributed by atoms with E-state index in [9.17, 15) is 18.0 Å². The summed E-state index contributed by atoms with van der Waals surface area (Å²) in [4.78, 5) is 10.1. The van der Waals surface area contributed by atoms with Crippen LogP contribution >= 0.6 is 0 Å². The highest BCUT2D eigenvalue weighted by atomic mass is 19.3. The van der Waals surface area contributed by atoms with E-state index in [0.717, 1.165) is 6.07 Å². The highest BCUT2D eigenvalue weighted by Crippen LogP contribution is 2.21. The van der Waals surface area contributed by atoms with Crippen molar-refractivity contribution in [1.82, 2.24) is 0 Å². The molecule has 1 rings (SSSR count). The molecule has 1 aromatic carbocycles. The topological polar surface area (TPSA) is 37.3 Å². The molecule has 1 aromatic rings. The maximum absolute atomic E-state index is 12.6. The van der Waals surface area contributed by atoms with Crippen LogP contribution in [0.1, 0.15) is 12.0 Å². The molecule has 0 atom stereocenters. The van der Waals surface area contributed by atoms with E-state index >= 15 is 0 Å². The molecule has 0 amide bonds. The zero-order valence-electron chi connectivity index (χ0n) is 7.71. The number of halogens is 3. The molecule has 0 unspecified atom stereocenters. The monoisotopic (exact) mass is 218 g/mol. The Bertz CT molecular complexity index is 363. The Labute approximate surface area is 84.3 Å². The van der Waals surface area contributed by atoms with Gasteiger partial charge in [-0.3, -0.25) is 0 Å². The van der Waals surface area contributed by atoms with Gasteiger partial charge >= 0.3 is 11.9 Å². The van der Waals surface area contributed by atoms with Crippen molar-refractivity contribution >= 4 is 5.97 Å². The van der Waals surface area contributed by atoms with Crippen LogP contribution in [-0.2, 0) is 11.2 Å². The van der Waals surface area contributed by atoms with E-state index in [2.05, 4.69) is 0 Å². The van der Waals surface area contributed by atoms with Crippen molar-refractivity contribution in [3.63, 3.8) is 0 Å². The number of hydrogen-bond donors (Lipinski definition) is 1. The SMILES string of the molecule is O=C(O)C(F)(F)CCc1cccc(F)c1. The summed E-state index contributed by atoms with van der Waals surface area (Å²) in [6.45, 7) is 0. The van der Waals surface area contributed by atoms with Gasteiger partial charge in [0.2, 0.25) is 0 Å². The molecule has 0 saturated carbocycles. The van der Waals surface area contributed by atoms with Crippen LogP contribution < -0.4 is 0 Å². The largest absolute Gasteiger partial charge is 0.477 e. The Hall–Kier alpha value is -1.52. The molecule has 0 aliphatic carbocycles. The number of rotatable bonds is 4. The number of benzene rings is 1. The van der Waals surface area contributed by atoms with Crippen molar-refractivity contribution in [3.05, 3.63) is 35.6 Å². The Balaban J connectivity index is 2.61. The summed E-state index contributed by atoms with van der Waals surface area (Å²) in [5.41, 5.74) is 0.357. The van der Waals surface area contributed by atoms with E-state index in [1.807, 2.05) is 0 Å². The summed E-state index contributed by atoms with van der Waals surface area (Å²) in [7, 11) is 0. The zero-order valence-corrected chi connectivity index (χ0v) is 7.71. The van der Waals surface area contributed by atoms with Crippen LogP contribution in [0.15, 0.2) is 24.3 Å². The molecule has 0 spiro atoms. The van der Waals surface area contributed by atoms with Gasteiger partial charge in [0.25, 0.3) is 0 Å². The van der Waals surface area contributed by atoms with Crippen molar-refractivity contribution in [1.29, 1.82) is 0 Å². The molecule has 5 heteroatoms. The first-order chi connectivity index (χ1) is 6.92. The molecular weight excluding hydrogens is 209 g/mol. The first kappa shape index (κ1) is 11.6. The average molecular weight is 218 g/mol. The minimum absolute atomic E-state index is 0.170. The lowest BCUT2D eigenvalue weighted by molar-refractivity contribution is -0.165. The van der Waals surface area contributed by atoms with Gasteiger partial charge in [0.15, 0.2) is 0 Å². The van der Waals surface area contributed by atoms with Crippen LogP contribution in [-0.4, -0.2) is 17.0 Å². The number of aryl methyl sites for hydroxylation is 1. The molecule has 2 nitrogen and oxygen atoms in total. The number of carboxylic acids is 1. The van der Waals surface area contributed by atoms with Gasteiger partial charge < -0.3 is 5.11 Å². The lowest BCUT2D eigenvalue weighted by Gasteiger charge is -2.10. The number of carboxylic acid groups (broad SMARTS) is 1. The number of carbonyl (C=O) groups is 1. The standard InChI is InChI=1S/C10H9F3O2/c11-8-3-1-2-7(6-8)4-5-10(12,13)9(14)15/h1-3,6H,4-5H2,(H,14,15). The Morgan fingerprint density at radius 2 is 2.07 bits per heavy atom. The molecule has 1 N–H and O–H groups in total.